The van der Waals surface area contributed by atoms with E-state index in [-0.39, 0.29) is 38.1 Å². The first-order valence-corrected chi connectivity index (χ1v) is 12.5. The lowest BCUT2D eigenvalue weighted by Gasteiger charge is -2.37. The summed E-state index contributed by atoms with van der Waals surface area (Å²) in [7, 11) is 0. The molecule has 1 aromatic rings. The van der Waals surface area contributed by atoms with Gasteiger partial charge in [-0.15, -0.1) is 13.2 Å². The smallest absolute Gasteiger partial charge is 0.312 e. The number of aliphatic hydroxyl groups is 1. The van der Waals surface area contributed by atoms with Gasteiger partial charge in [0.05, 0.1) is 24.7 Å². The molecule has 0 saturated carbocycles. The number of likely N-dealkylation sites (tertiary alicyclic amines) is 1. The molecule has 3 aliphatic rings. The second-order valence-electron chi connectivity index (χ2n) is 10.2. The fourth-order valence-corrected chi connectivity index (χ4v) is 6.54. The normalized spacial score (nSPS) is 30.3. The van der Waals surface area contributed by atoms with Crippen molar-refractivity contribution in [2.45, 2.75) is 57.3 Å². The van der Waals surface area contributed by atoms with Crippen molar-refractivity contribution in [3.63, 3.8) is 0 Å². The number of fused-ring (bicyclic) bond motifs is 1. The highest BCUT2D eigenvalue weighted by atomic mass is 16.6. The summed E-state index contributed by atoms with van der Waals surface area (Å²) in [5, 5.41) is 9.81. The number of para-hydroxylation sites is 1. The van der Waals surface area contributed by atoms with Crippen molar-refractivity contribution < 1.29 is 29.0 Å². The van der Waals surface area contributed by atoms with Crippen molar-refractivity contribution in [3.05, 3.63) is 54.6 Å². The highest BCUT2D eigenvalue weighted by molar-refractivity contribution is 6.05. The van der Waals surface area contributed by atoms with Gasteiger partial charge in [-0.2, -0.15) is 0 Å². The van der Waals surface area contributed by atoms with Gasteiger partial charge >= 0.3 is 5.97 Å². The lowest BCUT2D eigenvalue weighted by atomic mass is 9.66. The molecule has 3 aliphatic heterocycles. The van der Waals surface area contributed by atoms with Crippen LogP contribution in [-0.4, -0.2) is 71.3 Å². The Hall–Kier alpha value is -2.97. The quantitative estimate of drug-likeness (QED) is 0.304. The number of esters is 1. The molecule has 3 saturated heterocycles. The number of hydrogen-bond donors (Lipinski definition) is 1. The van der Waals surface area contributed by atoms with E-state index in [0.717, 1.165) is 16.8 Å². The van der Waals surface area contributed by atoms with Crippen LogP contribution in [0.2, 0.25) is 0 Å². The van der Waals surface area contributed by atoms with Crippen LogP contribution >= 0.6 is 0 Å². The Bertz CT molecular complexity index is 1070. The van der Waals surface area contributed by atoms with E-state index in [1.807, 2.05) is 39.0 Å². The number of carbonyl (C=O) groups excluding carboxylic acids is 3. The zero-order valence-corrected chi connectivity index (χ0v) is 21.4. The number of amides is 2. The third kappa shape index (κ3) is 3.87. The first kappa shape index (κ1) is 26.1. The lowest BCUT2D eigenvalue weighted by Crippen LogP contribution is -2.57. The van der Waals surface area contributed by atoms with Crippen LogP contribution in [0, 0.1) is 25.7 Å². The number of ether oxygens (including phenoxy) is 2. The number of nitrogens with zero attached hydrogens (tertiary/aromatic N) is 2. The Balaban J connectivity index is 1.78. The molecule has 8 nitrogen and oxygen atoms in total. The zero-order chi connectivity index (χ0) is 26.3. The Kier molecular flexibility index (Phi) is 7.12. The molecule has 3 fully saturated rings. The van der Waals surface area contributed by atoms with Crippen molar-refractivity contribution in [2.75, 3.05) is 31.2 Å². The monoisotopic (exact) mass is 496 g/mol. The highest BCUT2D eigenvalue weighted by Crippen LogP contribution is 2.63. The van der Waals surface area contributed by atoms with E-state index in [0.29, 0.717) is 19.3 Å². The van der Waals surface area contributed by atoms with E-state index in [1.54, 1.807) is 17.1 Å². The molecule has 4 rings (SSSR count). The molecule has 8 heteroatoms. The van der Waals surface area contributed by atoms with Crippen LogP contribution in [0.3, 0.4) is 0 Å². The summed E-state index contributed by atoms with van der Waals surface area (Å²) < 4.78 is 12.1. The highest BCUT2D eigenvalue weighted by Gasteiger charge is 2.78. The van der Waals surface area contributed by atoms with Crippen LogP contribution < -0.4 is 4.90 Å². The van der Waals surface area contributed by atoms with Gasteiger partial charge in [0.25, 0.3) is 5.91 Å². The number of β-amino-alcohol motifs (C(OH)–C–C–N with tert-alkyl or cyclic N) is 1. The van der Waals surface area contributed by atoms with E-state index in [9.17, 15) is 19.5 Å². The summed E-state index contributed by atoms with van der Waals surface area (Å²) in [5.74, 6) is -2.82. The molecular weight excluding hydrogens is 460 g/mol. The number of rotatable bonds is 10. The van der Waals surface area contributed by atoms with Gasteiger partial charge in [-0.05, 0) is 51.2 Å². The van der Waals surface area contributed by atoms with Crippen molar-refractivity contribution in [1.82, 2.24) is 4.90 Å². The first-order chi connectivity index (χ1) is 17.2. The van der Waals surface area contributed by atoms with Crippen LogP contribution in [0.1, 0.15) is 37.3 Å². The van der Waals surface area contributed by atoms with Gasteiger partial charge in [0, 0.05) is 18.8 Å². The van der Waals surface area contributed by atoms with Crippen LogP contribution in [0.15, 0.2) is 43.5 Å². The van der Waals surface area contributed by atoms with Gasteiger partial charge in [0.1, 0.15) is 17.6 Å². The Morgan fingerprint density at radius 1 is 1.25 bits per heavy atom. The van der Waals surface area contributed by atoms with Crippen molar-refractivity contribution in [1.29, 1.82) is 0 Å². The number of aryl methyl sites for hydroxylation is 2. The molecule has 0 aromatic heterocycles. The Labute approximate surface area is 212 Å². The second kappa shape index (κ2) is 9.82. The molecule has 2 unspecified atom stereocenters. The maximum atomic E-state index is 14.4. The van der Waals surface area contributed by atoms with E-state index in [4.69, 9.17) is 9.47 Å². The molecule has 5 atom stereocenters. The van der Waals surface area contributed by atoms with Crippen molar-refractivity contribution in [2.24, 2.45) is 11.8 Å². The predicted octanol–water partition coefficient (Wildman–Crippen LogP) is 2.70. The summed E-state index contributed by atoms with van der Waals surface area (Å²) in [6.07, 6.45) is 4.81. The summed E-state index contributed by atoms with van der Waals surface area (Å²) >= 11 is 0. The van der Waals surface area contributed by atoms with E-state index in [1.165, 1.54) is 4.90 Å². The van der Waals surface area contributed by atoms with Crippen LogP contribution in [-0.2, 0) is 23.9 Å². The number of benzene rings is 1. The van der Waals surface area contributed by atoms with Crippen LogP contribution in [0.4, 0.5) is 5.69 Å². The molecule has 3 heterocycles. The molecule has 1 aromatic carbocycles. The topological polar surface area (TPSA) is 96.4 Å². The van der Waals surface area contributed by atoms with Gasteiger partial charge in [-0.25, -0.2) is 0 Å². The van der Waals surface area contributed by atoms with Gasteiger partial charge < -0.3 is 24.4 Å². The minimum atomic E-state index is -1.17. The van der Waals surface area contributed by atoms with Crippen molar-refractivity contribution in [3.8, 4) is 0 Å². The summed E-state index contributed by atoms with van der Waals surface area (Å²) in [5.41, 5.74) is 0.528. The molecule has 194 valence electrons. The van der Waals surface area contributed by atoms with Gasteiger partial charge in [0.2, 0.25) is 5.91 Å². The molecule has 1 spiro atoms. The fourth-order valence-electron chi connectivity index (χ4n) is 6.54. The van der Waals surface area contributed by atoms with E-state index in [2.05, 4.69) is 13.2 Å². The average molecular weight is 497 g/mol. The first-order valence-electron chi connectivity index (χ1n) is 12.5. The summed E-state index contributed by atoms with van der Waals surface area (Å²) in [4.78, 5) is 44.5. The SMILES string of the molecule is C=CCCOC(=O)[C@H]1[C@H]2C(=O)N(CCO)C(C(=O)N(CC=C)c3c(C)cccc3C)C23CC[C@]1(C)O3. The van der Waals surface area contributed by atoms with Crippen LogP contribution in [0.25, 0.3) is 0 Å². The molecule has 2 amide bonds. The zero-order valence-electron chi connectivity index (χ0n) is 21.4. The average Bonchev–Trinajstić information content (AvgIpc) is 3.39. The third-order valence-corrected chi connectivity index (χ3v) is 7.96. The second-order valence-corrected chi connectivity index (χ2v) is 10.2. The minimum Gasteiger partial charge on any atom is -0.465 e. The lowest BCUT2D eigenvalue weighted by molar-refractivity contribution is -0.159. The Morgan fingerprint density at radius 2 is 1.94 bits per heavy atom. The third-order valence-electron chi connectivity index (χ3n) is 7.96. The minimum absolute atomic E-state index is 0.0273. The fraction of sp³-hybridized carbons (Fsp3) is 0.536. The van der Waals surface area contributed by atoms with E-state index >= 15 is 0 Å². The number of anilines is 1. The maximum Gasteiger partial charge on any atom is 0.312 e. The predicted molar refractivity (Wildman–Crippen MR) is 135 cm³/mol. The molecule has 36 heavy (non-hydrogen) atoms. The molecule has 1 N–H and O–H groups in total. The van der Waals surface area contributed by atoms with E-state index < -0.39 is 35.0 Å². The summed E-state index contributed by atoms with van der Waals surface area (Å²) in [6, 6.07) is 4.83. The Morgan fingerprint density at radius 3 is 2.56 bits per heavy atom. The largest absolute Gasteiger partial charge is 0.465 e. The van der Waals surface area contributed by atoms with Crippen LogP contribution in [0.5, 0.6) is 0 Å². The van der Waals surface area contributed by atoms with Gasteiger partial charge in [-0.1, -0.05) is 30.4 Å². The molecule has 2 bridgehead atoms. The number of hydrogen-bond acceptors (Lipinski definition) is 6. The molecular formula is C28H36N2O6. The van der Waals surface area contributed by atoms with Gasteiger partial charge in [0.15, 0.2) is 0 Å². The number of aliphatic hydroxyl groups excluding tert-OH is 1. The standard InChI is InChI=1S/C28H36N2O6/c1-6-8-17-35-26(34)21-20-24(32)30(15-16-31)23(28(20)13-12-27(21,5)36-28)25(33)29(14-7-2)22-18(3)10-9-11-19(22)4/h6-7,9-11,20-21,23,31H,1-2,8,12-17H2,3-5H3/t20-,21+,23?,27-,28?/m0/s1. The summed E-state index contributed by atoms with van der Waals surface area (Å²) in [6.45, 7) is 13.3. The molecule has 0 radical (unpaired) electrons. The van der Waals surface area contributed by atoms with Crippen molar-refractivity contribution >= 4 is 23.5 Å². The maximum absolute atomic E-state index is 14.4. The molecule has 0 aliphatic carbocycles. The number of carbonyl (C=O) groups is 3. The van der Waals surface area contributed by atoms with Gasteiger partial charge in [-0.3, -0.25) is 14.4 Å².